The number of thiazole rings is 1. The predicted molar refractivity (Wildman–Crippen MR) is 105 cm³/mol. The second kappa shape index (κ2) is 8.06. The van der Waals surface area contributed by atoms with E-state index in [9.17, 15) is 13.2 Å². The maximum absolute atomic E-state index is 12.3. The third kappa shape index (κ3) is 4.84. The predicted octanol–water partition coefficient (Wildman–Crippen LogP) is 4.11. The summed E-state index contributed by atoms with van der Waals surface area (Å²) in [6, 6.07) is 6.07. The number of fused-ring (bicyclic) bond motifs is 1. The number of nitrogens with zero attached hydrogens (tertiary/aromatic N) is 1. The van der Waals surface area contributed by atoms with Crippen LogP contribution in [0.1, 0.15) is 36.8 Å². The summed E-state index contributed by atoms with van der Waals surface area (Å²) in [5.41, 5.74) is 1.09. The SMILES string of the molecule is CC1CCc2nc(NC(=O)CCCS(=O)(=O)c3ccc(Cl)cc3)sc2C1. The van der Waals surface area contributed by atoms with Crippen LogP contribution in [0.3, 0.4) is 0 Å². The van der Waals surface area contributed by atoms with Gasteiger partial charge in [-0.25, -0.2) is 13.4 Å². The average molecular weight is 413 g/mol. The molecule has 1 aromatic heterocycles. The molecule has 1 aliphatic carbocycles. The molecule has 0 aliphatic heterocycles. The normalized spacial score (nSPS) is 16.9. The van der Waals surface area contributed by atoms with Gasteiger partial charge in [0.15, 0.2) is 15.0 Å². The summed E-state index contributed by atoms with van der Waals surface area (Å²) in [6.45, 7) is 2.22. The van der Waals surface area contributed by atoms with Crippen molar-refractivity contribution in [2.24, 2.45) is 5.92 Å². The van der Waals surface area contributed by atoms with Gasteiger partial charge in [-0.2, -0.15) is 0 Å². The quantitative estimate of drug-likeness (QED) is 0.774. The Bertz CT molecular complexity index is 892. The largest absolute Gasteiger partial charge is 0.302 e. The van der Waals surface area contributed by atoms with Gasteiger partial charge in [0.2, 0.25) is 5.91 Å². The van der Waals surface area contributed by atoms with Crippen molar-refractivity contribution in [1.29, 1.82) is 0 Å². The number of nitrogens with one attached hydrogen (secondary N) is 1. The zero-order valence-corrected chi connectivity index (χ0v) is 16.9. The fraction of sp³-hybridized carbons (Fsp3) is 0.444. The smallest absolute Gasteiger partial charge is 0.226 e. The molecule has 0 fully saturated rings. The van der Waals surface area contributed by atoms with Crippen LogP contribution in [0.5, 0.6) is 0 Å². The van der Waals surface area contributed by atoms with E-state index in [4.69, 9.17) is 11.6 Å². The lowest BCUT2D eigenvalue weighted by Gasteiger charge is -2.15. The monoisotopic (exact) mass is 412 g/mol. The van der Waals surface area contributed by atoms with Crippen molar-refractivity contribution in [3.05, 3.63) is 39.9 Å². The summed E-state index contributed by atoms with van der Waals surface area (Å²) in [4.78, 5) is 18.1. The van der Waals surface area contributed by atoms with Gasteiger partial charge in [0, 0.05) is 16.3 Å². The Labute approximate surface area is 162 Å². The van der Waals surface area contributed by atoms with Gasteiger partial charge in [0.1, 0.15) is 0 Å². The van der Waals surface area contributed by atoms with Crippen LogP contribution < -0.4 is 5.32 Å². The van der Waals surface area contributed by atoms with Crippen molar-refractivity contribution in [2.75, 3.05) is 11.1 Å². The van der Waals surface area contributed by atoms with Crippen molar-refractivity contribution in [3.8, 4) is 0 Å². The minimum Gasteiger partial charge on any atom is -0.302 e. The Morgan fingerprint density at radius 3 is 2.81 bits per heavy atom. The van der Waals surface area contributed by atoms with Crippen LogP contribution in [0.25, 0.3) is 0 Å². The topological polar surface area (TPSA) is 76.1 Å². The molecule has 2 aromatic rings. The molecule has 0 saturated carbocycles. The molecule has 1 heterocycles. The van der Waals surface area contributed by atoms with Crippen LogP contribution in [0.4, 0.5) is 5.13 Å². The van der Waals surface area contributed by atoms with E-state index >= 15 is 0 Å². The molecule has 140 valence electrons. The van der Waals surface area contributed by atoms with Crippen LogP contribution in [0.2, 0.25) is 5.02 Å². The molecule has 1 unspecified atom stereocenters. The summed E-state index contributed by atoms with van der Waals surface area (Å²) < 4.78 is 24.5. The molecule has 26 heavy (non-hydrogen) atoms. The summed E-state index contributed by atoms with van der Waals surface area (Å²) in [5.74, 6) is 0.383. The maximum atomic E-state index is 12.3. The van der Waals surface area contributed by atoms with Crippen LogP contribution in [-0.4, -0.2) is 25.1 Å². The van der Waals surface area contributed by atoms with Gasteiger partial charge in [-0.05, 0) is 55.9 Å². The lowest BCUT2D eigenvalue weighted by atomic mass is 9.93. The Morgan fingerprint density at radius 2 is 2.08 bits per heavy atom. The van der Waals surface area contributed by atoms with E-state index in [2.05, 4.69) is 17.2 Å². The van der Waals surface area contributed by atoms with Gasteiger partial charge in [0.25, 0.3) is 0 Å². The molecular formula is C18H21ClN2O3S2. The molecule has 8 heteroatoms. The van der Waals surface area contributed by atoms with Crippen molar-refractivity contribution in [3.63, 3.8) is 0 Å². The third-order valence-electron chi connectivity index (χ3n) is 4.42. The molecule has 0 saturated heterocycles. The Morgan fingerprint density at radius 1 is 1.35 bits per heavy atom. The van der Waals surface area contributed by atoms with Crippen molar-refractivity contribution in [1.82, 2.24) is 4.98 Å². The van der Waals surface area contributed by atoms with Crippen molar-refractivity contribution < 1.29 is 13.2 Å². The van der Waals surface area contributed by atoms with Crippen LogP contribution in [-0.2, 0) is 27.5 Å². The van der Waals surface area contributed by atoms with E-state index in [-0.39, 0.29) is 29.4 Å². The Hall–Kier alpha value is -1.44. The number of benzene rings is 1. The average Bonchev–Trinajstić information content (AvgIpc) is 2.96. The summed E-state index contributed by atoms with van der Waals surface area (Å²) in [5, 5.41) is 3.91. The number of carbonyl (C=O) groups is 1. The number of carbonyl (C=O) groups excluding carboxylic acids is 1. The van der Waals surface area contributed by atoms with Gasteiger partial charge in [-0.1, -0.05) is 18.5 Å². The molecule has 1 atom stereocenters. The van der Waals surface area contributed by atoms with E-state index in [1.54, 1.807) is 12.1 Å². The van der Waals surface area contributed by atoms with Crippen molar-refractivity contribution >= 4 is 43.8 Å². The van der Waals surface area contributed by atoms with Gasteiger partial charge in [0.05, 0.1) is 16.3 Å². The number of hydrogen-bond donors (Lipinski definition) is 1. The number of rotatable bonds is 6. The number of sulfone groups is 1. The maximum Gasteiger partial charge on any atom is 0.226 e. The van der Waals surface area contributed by atoms with Crippen LogP contribution in [0, 0.1) is 5.92 Å². The summed E-state index contributed by atoms with van der Waals surface area (Å²) in [6.07, 6.45) is 3.52. The number of aromatic nitrogens is 1. The molecule has 0 radical (unpaired) electrons. The number of aryl methyl sites for hydroxylation is 1. The third-order valence-corrected chi connectivity index (χ3v) is 7.53. The number of hydrogen-bond acceptors (Lipinski definition) is 5. The number of anilines is 1. The summed E-state index contributed by atoms with van der Waals surface area (Å²) in [7, 11) is -3.41. The van der Waals surface area contributed by atoms with E-state index in [1.807, 2.05) is 0 Å². The Kier molecular flexibility index (Phi) is 5.99. The molecule has 1 N–H and O–H groups in total. The van der Waals surface area contributed by atoms with E-state index < -0.39 is 9.84 Å². The van der Waals surface area contributed by atoms with Crippen LogP contribution >= 0.6 is 22.9 Å². The highest BCUT2D eigenvalue weighted by atomic mass is 35.5. The zero-order chi connectivity index (χ0) is 18.7. The van der Waals surface area contributed by atoms with Crippen molar-refractivity contribution in [2.45, 2.75) is 43.9 Å². The first kappa shape index (κ1) is 19.3. The molecule has 0 spiro atoms. The van der Waals surface area contributed by atoms with Gasteiger partial charge in [-0.3, -0.25) is 4.79 Å². The molecule has 1 aromatic carbocycles. The standard InChI is InChI=1S/C18H21ClN2O3S2/c1-12-4-9-15-16(11-12)25-18(20-15)21-17(22)3-2-10-26(23,24)14-7-5-13(19)6-8-14/h5-8,12H,2-4,9-11H2,1H3,(H,20,21,22). The molecule has 1 amide bonds. The summed E-state index contributed by atoms with van der Waals surface area (Å²) >= 11 is 7.31. The van der Waals surface area contributed by atoms with E-state index in [0.29, 0.717) is 16.1 Å². The Balaban J connectivity index is 1.51. The lowest BCUT2D eigenvalue weighted by Crippen LogP contribution is -2.14. The fourth-order valence-electron chi connectivity index (χ4n) is 2.96. The first-order valence-corrected chi connectivity index (χ1v) is 11.4. The molecule has 0 bridgehead atoms. The zero-order valence-electron chi connectivity index (χ0n) is 14.5. The molecule has 1 aliphatic rings. The van der Waals surface area contributed by atoms with Gasteiger partial charge >= 0.3 is 0 Å². The van der Waals surface area contributed by atoms with Gasteiger partial charge < -0.3 is 5.32 Å². The number of amides is 1. The highest BCUT2D eigenvalue weighted by Gasteiger charge is 2.21. The highest BCUT2D eigenvalue weighted by molar-refractivity contribution is 7.91. The first-order chi connectivity index (χ1) is 12.3. The minimum atomic E-state index is -3.41. The van der Waals surface area contributed by atoms with Gasteiger partial charge in [-0.15, -0.1) is 11.3 Å². The minimum absolute atomic E-state index is 0.0755. The first-order valence-electron chi connectivity index (χ1n) is 8.60. The fourth-order valence-corrected chi connectivity index (χ4v) is 5.58. The lowest BCUT2D eigenvalue weighted by molar-refractivity contribution is -0.116. The second-order valence-corrected chi connectivity index (χ2v) is 10.3. The molecule has 5 nitrogen and oxygen atoms in total. The van der Waals surface area contributed by atoms with E-state index in [0.717, 1.165) is 25.0 Å². The van der Waals surface area contributed by atoms with Crippen LogP contribution in [0.15, 0.2) is 29.2 Å². The highest BCUT2D eigenvalue weighted by Crippen LogP contribution is 2.32. The molecule has 3 rings (SSSR count). The van der Waals surface area contributed by atoms with E-state index in [1.165, 1.54) is 28.3 Å². The second-order valence-electron chi connectivity index (χ2n) is 6.66. The molecular weight excluding hydrogens is 392 g/mol. The number of halogens is 1.